The fraction of sp³-hybridized carbons (Fsp3) is 0.458. The van der Waals surface area contributed by atoms with Gasteiger partial charge in [0, 0.05) is 22.6 Å². The number of rotatable bonds is 2. The molecule has 3 aliphatic carbocycles. The molecule has 1 aromatic rings. The zero-order valence-corrected chi connectivity index (χ0v) is 18.9. The van der Waals surface area contributed by atoms with E-state index in [9.17, 15) is 34.8 Å². The highest BCUT2D eigenvalue weighted by Gasteiger charge is 2.66. The number of benzene rings is 1. The van der Waals surface area contributed by atoms with Crippen LogP contribution in [0.15, 0.2) is 23.0 Å². The summed E-state index contributed by atoms with van der Waals surface area (Å²) in [6, 6.07) is 1.64. The van der Waals surface area contributed by atoms with Crippen LogP contribution in [0, 0.1) is 17.3 Å². The van der Waals surface area contributed by atoms with E-state index in [-0.39, 0.29) is 35.6 Å². The number of carbonyl (C=O) groups excluding carboxylic acids is 3. The van der Waals surface area contributed by atoms with Gasteiger partial charge in [0.15, 0.2) is 5.60 Å². The molecule has 1 aromatic carbocycles. The van der Waals surface area contributed by atoms with Crippen LogP contribution < -0.4 is 11.5 Å². The molecule has 0 aliphatic heterocycles. The highest BCUT2D eigenvalue weighted by molar-refractivity contribution is 6.33. The van der Waals surface area contributed by atoms with Crippen LogP contribution in [0.1, 0.15) is 56.7 Å². The lowest BCUT2D eigenvalue weighted by Crippen LogP contribution is -2.65. The van der Waals surface area contributed by atoms with Crippen molar-refractivity contribution in [3.8, 4) is 5.75 Å². The maximum Gasteiger partial charge on any atom is 0.255 e. The van der Waals surface area contributed by atoms with E-state index in [2.05, 4.69) is 0 Å². The lowest BCUT2D eigenvalue weighted by atomic mass is 9.51. The van der Waals surface area contributed by atoms with Gasteiger partial charge >= 0.3 is 0 Å². The molecule has 0 bridgehead atoms. The van der Waals surface area contributed by atoms with E-state index < -0.39 is 57.4 Å². The van der Waals surface area contributed by atoms with Crippen LogP contribution in [0.3, 0.4) is 0 Å². The minimum Gasteiger partial charge on any atom is -0.511 e. The molecule has 9 nitrogen and oxygen atoms in total. The monoisotopic (exact) mass is 456 g/mol. The van der Waals surface area contributed by atoms with Crippen LogP contribution in [0.25, 0.3) is 5.76 Å². The summed E-state index contributed by atoms with van der Waals surface area (Å²) in [7, 11) is 0. The Morgan fingerprint density at radius 3 is 2.30 bits per heavy atom. The van der Waals surface area contributed by atoms with Gasteiger partial charge in [-0.05, 0) is 41.9 Å². The number of phenols is 1. The molecule has 1 fully saturated rings. The Morgan fingerprint density at radius 1 is 1.15 bits per heavy atom. The number of phenolic OH excluding ortho intramolecular Hbond substituents is 1. The van der Waals surface area contributed by atoms with Crippen molar-refractivity contribution in [3.05, 3.63) is 39.7 Å². The van der Waals surface area contributed by atoms with Crippen LogP contribution in [0.4, 0.5) is 5.69 Å². The van der Waals surface area contributed by atoms with E-state index in [1.165, 1.54) is 13.8 Å². The fourth-order valence-electron chi connectivity index (χ4n) is 5.75. The van der Waals surface area contributed by atoms with E-state index in [1.807, 2.05) is 13.8 Å². The van der Waals surface area contributed by atoms with E-state index in [1.54, 1.807) is 6.07 Å². The molecule has 3 atom stereocenters. The molecule has 33 heavy (non-hydrogen) atoms. The zero-order chi connectivity index (χ0) is 24.8. The quantitative estimate of drug-likeness (QED) is 0.168. The third-order valence-electron chi connectivity index (χ3n) is 7.60. The molecule has 4 rings (SSSR count). The fourth-order valence-corrected chi connectivity index (χ4v) is 5.75. The SMILES string of the molecule is CC(C)c1cc(N)c2c(c1O)C(O)=C1C(=O)[C@]3(O)C(=O)C(C(N)=O)=C(O)C(C)(C)[C@@H]3C[C@@H]1C2. The molecule has 0 saturated heterocycles. The third-order valence-corrected chi connectivity index (χ3v) is 7.60. The van der Waals surface area contributed by atoms with Crippen LogP contribution in [0.5, 0.6) is 5.75 Å². The number of hydrogen-bond acceptors (Lipinski definition) is 8. The maximum atomic E-state index is 13.7. The van der Waals surface area contributed by atoms with Gasteiger partial charge < -0.3 is 31.9 Å². The standard InChI is InChI=1S/C24H28N2O7/c1-8(2)10-7-12(25)11-5-9-6-13-23(3,4)19(29)16(22(26)32)21(31)24(13,33)20(30)14(9)18(28)15(11)17(10)27/h7-9,13,27-29,33H,5-6,25H2,1-4H3,(H2,26,32)/t9-,13-,24-/m0/s1. The molecule has 0 heterocycles. The van der Waals surface area contributed by atoms with E-state index >= 15 is 0 Å². The first kappa shape index (κ1) is 22.8. The van der Waals surface area contributed by atoms with Crippen LogP contribution >= 0.6 is 0 Å². The van der Waals surface area contributed by atoms with Crippen molar-refractivity contribution in [1.82, 2.24) is 0 Å². The predicted molar refractivity (Wildman–Crippen MR) is 119 cm³/mol. The largest absolute Gasteiger partial charge is 0.511 e. The van der Waals surface area contributed by atoms with Crippen molar-refractivity contribution < 1.29 is 34.8 Å². The van der Waals surface area contributed by atoms with Crippen molar-refractivity contribution >= 4 is 28.9 Å². The normalized spacial score (nSPS) is 28.5. The Kier molecular flexibility index (Phi) is 4.73. The number of nitrogen functional groups attached to an aromatic ring is 1. The van der Waals surface area contributed by atoms with E-state index in [0.29, 0.717) is 16.8 Å². The highest BCUT2D eigenvalue weighted by atomic mass is 16.3. The number of hydrogen-bond donors (Lipinski definition) is 6. The Balaban J connectivity index is 1.98. The van der Waals surface area contributed by atoms with Crippen molar-refractivity contribution in [2.45, 2.75) is 52.1 Å². The molecular weight excluding hydrogens is 428 g/mol. The van der Waals surface area contributed by atoms with Gasteiger partial charge in [-0.25, -0.2) is 0 Å². The molecule has 9 heteroatoms. The van der Waals surface area contributed by atoms with Crippen LogP contribution in [-0.2, 0) is 20.8 Å². The van der Waals surface area contributed by atoms with Crippen molar-refractivity contribution in [3.63, 3.8) is 0 Å². The van der Waals surface area contributed by atoms with Gasteiger partial charge in [-0.15, -0.1) is 0 Å². The number of aliphatic hydroxyl groups excluding tert-OH is 2. The first-order chi connectivity index (χ1) is 15.2. The molecule has 8 N–H and O–H groups in total. The van der Waals surface area contributed by atoms with Crippen molar-refractivity contribution in [1.29, 1.82) is 0 Å². The number of nitrogens with two attached hydrogens (primary N) is 2. The molecule has 0 radical (unpaired) electrons. The van der Waals surface area contributed by atoms with Gasteiger partial charge in [0.25, 0.3) is 5.91 Å². The molecule has 1 saturated carbocycles. The summed E-state index contributed by atoms with van der Waals surface area (Å²) in [5, 5.41) is 44.2. The molecule has 0 unspecified atom stereocenters. The lowest BCUT2D eigenvalue weighted by Gasteiger charge is -2.52. The number of primary amides is 1. The number of carbonyl (C=O) groups is 3. The molecule has 1 amide bonds. The Hall–Kier alpha value is -3.33. The van der Waals surface area contributed by atoms with E-state index in [4.69, 9.17) is 11.5 Å². The summed E-state index contributed by atoms with van der Waals surface area (Å²) in [6.07, 6.45) is 0.226. The van der Waals surface area contributed by atoms with Gasteiger partial charge in [0.05, 0.1) is 5.56 Å². The average Bonchev–Trinajstić information content (AvgIpc) is 2.71. The molecule has 0 spiro atoms. The maximum absolute atomic E-state index is 13.7. The minimum absolute atomic E-state index is 0.0105. The average molecular weight is 456 g/mol. The predicted octanol–water partition coefficient (Wildman–Crippen LogP) is 1.77. The molecular formula is C24H28N2O7. The van der Waals surface area contributed by atoms with Crippen LogP contribution in [0.2, 0.25) is 0 Å². The lowest BCUT2D eigenvalue weighted by molar-refractivity contribution is -0.166. The number of allylic oxidation sites excluding steroid dienone is 1. The number of amides is 1. The zero-order valence-electron chi connectivity index (χ0n) is 18.9. The first-order valence-corrected chi connectivity index (χ1v) is 10.8. The Labute approximate surface area is 190 Å². The smallest absolute Gasteiger partial charge is 0.255 e. The Bertz CT molecular complexity index is 1210. The number of ketones is 2. The van der Waals surface area contributed by atoms with Gasteiger partial charge in [0.2, 0.25) is 11.6 Å². The summed E-state index contributed by atoms with van der Waals surface area (Å²) in [5.74, 6) is -6.79. The molecule has 0 aromatic heterocycles. The van der Waals surface area contributed by atoms with Crippen molar-refractivity contribution in [2.24, 2.45) is 23.0 Å². The second kappa shape index (κ2) is 6.84. The topological polar surface area (TPSA) is 184 Å². The summed E-state index contributed by atoms with van der Waals surface area (Å²) in [6.45, 7) is 6.70. The minimum atomic E-state index is -2.70. The Morgan fingerprint density at radius 2 is 1.76 bits per heavy atom. The first-order valence-electron chi connectivity index (χ1n) is 10.8. The van der Waals surface area contributed by atoms with Gasteiger partial charge in [0.1, 0.15) is 22.8 Å². The van der Waals surface area contributed by atoms with Gasteiger partial charge in [-0.2, -0.15) is 0 Å². The summed E-state index contributed by atoms with van der Waals surface area (Å²) in [5.41, 5.74) is 7.79. The van der Waals surface area contributed by atoms with E-state index in [0.717, 1.165) is 0 Å². The summed E-state index contributed by atoms with van der Waals surface area (Å²) < 4.78 is 0. The highest BCUT2D eigenvalue weighted by Crippen LogP contribution is 2.57. The van der Waals surface area contributed by atoms with Gasteiger partial charge in [-0.1, -0.05) is 27.7 Å². The summed E-state index contributed by atoms with van der Waals surface area (Å²) in [4.78, 5) is 38.8. The second-order valence-corrected chi connectivity index (χ2v) is 10.1. The number of fused-ring (bicyclic) bond motifs is 3. The van der Waals surface area contributed by atoms with Crippen molar-refractivity contribution in [2.75, 3.05) is 5.73 Å². The third kappa shape index (κ3) is 2.71. The second-order valence-electron chi connectivity index (χ2n) is 10.1. The molecule has 176 valence electrons. The summed E-state index contributed by atoms with van der Waals surface area (Å²) >= 11 is 0. The number of aromatic hydroxyl groups is 1. The number of aliphatic hydroxyl groups is 3. The molecule has 3 aliphatic rings. The number of anilines is 1. The van der Waals surface area contributed by atoms with Gasteiger partial charge in [-0.3, -0.25) is 14.4 Å². The number of Topliss-reactive ketones (excluding diaryl/α,β-unsaturated/α-hetero) is 2. The van der Waals surface area contributed by atoms with Crippen LogP contribution in [-0.4, -0.2) is 43.5 Å².